The molecule has 0 radical (unpaired) electrons. The van der Waals surface area contributed by atoms with Crippen molar-refractivity contribution in [1.29, 1.82) is 0 Å². The number of aliphatic hydroxyl groups excluding tert-OH is 1. The van der Waals surface area contributed by atoms with Crippen molar-refractivity contribution >= 4 is 5.78 Å². The number of hydrogen-bond acceptors (Lipinski definition) is 6. The highest BCUT2D eigenvalue weighted by Crippen LogP contribution is 2.40. The van der Waals surface area contributed by atoms with Gasteiger partial charge in [0.05, 0.1) is 30.3 Å². The van der Waals surface area contributed by atoms with E-state index in [1.54, 1.807) is 0 Å². The Labute approximate surface area is 207 Å². The first-order valence-corrected chi connectivity index (χ1v) is 13.2. The lowest BCUT2D eigenvalue weighted by atomic mass is 9.70. The van der Waals surface area contributed by atoms with Gasteiger partial charge >= 0.3 is 0 Å². The molecule has 2 saturated heterocycles. The number of hydrogen-bond donors (Lipinski definition) is 1. The van der Waals surface area contributed by atoms with Crippen molar-refractivity contribution in [2.24, 2.45) is 17.3 Å². The van der Waals surface area contributed by atoms with Crippen LogP contribution in [0, 0.1) is 29.6 Å². The Kier molecular flexibility index (Phi) is 11.5. The first-order valence-electron chi connectivity index (χ1n) is 13.2. The Morgan fingerprint density at radius 2 is 1.91 bits per heavy atom. The third kappa shape index (κ3) is 8.60. The van der Waals surface area contributed by atoms with Crippen molar-refractivity contribution in [3.05, 3.63) is 0 Å². The average Bonchev–Trinajstić information content (AvgIpc) is 2.78. The fraction of sp³-hybridized carbons (Fsp3) is 0.893. The summed E-state index contributed by atoms with van der Waals surface area (Å²) in [6.45, 7) is 13.0. The summed E-state index contributed by atoms with van der Waals surface area (Å²) in [6.07, 6.45) is 11.6. The third-order valence-corrected chi connectivity index (χ3v) is 7.32. The van der Waals surface area contributed by atoms with Crippen molar-refractivity contribution in [2.45, 2.75) is 130 Å². The Hall–Kier alpha value is -0.970. The molecule has 0 aromatic carbocycles. The van der Waals surface area contributed by atoms with E-state index < -0.39 is 11.2 Å². The molecule has 2 aliphatic heterocycles. The minimum absolute atomic E-state index is 0.124. The van der Waals surface area contributed by atoms with Crippen LogP contribution in [0.5, 0.6) is 0 Å². The van der Waals surface area contributed by atoms with Crippen LogP contribution >= 0.6 is 0 Å². The number of aliphatic hydroxyl groups is 1. The predicted octanol–water partition coefficient (Wildman–Crippen LogP) is 5.25. The Bertz CT molecular complexity index is 658. The molecular weight excluding hydrogens is 432 g/mol. The monoisotopic (exact) mass is 480 g/mol. The molecule has 2 aliphatic rings. The number of ketones is 1. The van der Waals surface area contributed by atoms with Crippen molar-refractivity contribution in [3.8, 4) is 12.3 Å². The van der Waals surface area contributed by atoms with E-state index in [2.05, 4.69) is 12.8 Å². The zero-order chi connectivity index (χ0) is 25.4. The predicted molar refractivity (Wildman–Crippen MR) is 133 cm³/mol. The molecule has 0 aromatic heterocycles. The maximum absolute atomic E-state index is 14.2. The van der Waals surface area contributed by atoms with Gasteiger partial charge in [0, 0.05) is 18.9 Å². The van der Waals surface area contributed by atoms with Crippen LogP contribution < -0.4 is 0 Å². The lowest BCUT2D eigenvalue weighted by Gasteiger charge is -2.45. The number of ether oxygens (including phenoxy) is 4. The molecule has 6 heteroatoms. The molecule has 0 spiro atoms. The summed E-state index contributed by atoms with van der Waals surface area (Å²) in [4.78, 5) is 14.2. The number of rotatable bonds is 13. The van der Waals surface area contributed by atoms with Gasteiger partial charge in [-0.3, -0.25) is 4.79 Å². The van der Waals surface area contributed by atoms with Gasteiger partial charge in [-0.2, -0.15) is 0 Å². The summed E-state index contributed by atoms with van der Waals surface area (Å²) in [5, 5.41) is 9.72. The van der Waals surface area contributed by atoms with Gasteiger partial charge in [-0.1, -0.05) is 27.2 Å². The zero-order valence-corrected chi connectivity index (χ0v) is 22.3. The SMILES string of the molecule is C#CCC[C@@H](C(=O)C(C)(C)[C@@H]1CCOC(C)(C)O1)C(OC1CCCCO1)[C@@H](C)CCCC(C)O. The van der Waals surface area contributed by atoms with Crippen LogP contribution in [0.4, 0.5) is 0 Å². The van der Waals surface area contributed by atoms with Crippen LogP contribution in [0.25, 0.3) is 0 Å². The maximum atomic E-state index is 14.2. The summed E-state index contributed by atoms with van der Waals surface area (Å²) < 4.78 is 24.4. The molecule has 34 heavy (non-hydrogen) atoms. The Morgan fingerprint density at radius 3 is 2.50 bits per heavy atom. The number of terminal acetylenes is 1. The largest absolute Gasteiger partial charge is 0.393 e. The topological polar surface area (TPSA) is 74.2 Å². The van der Waals surface area contributed by atoms with E-state index in [4.69, 9.17) is 25.4 Å². The lowest BCUT2D eigenvalue weighted by molar-refractivity contribution is -0.289. The lowest BCUT2D eigenvalue weighted by Crippen LogP contribution is -2.52. The van der Waals surface area contributed by atoms with Crippen LogP contribution in [-0.4, -0.2) is 54.5 Å². The second kappa shape index (κ2) is 13.4. The van der Waals surface area contributed by atoms with Crippen LogP contribution in [-0.2, 0) is 23.7 Å². The van der Waals surface area contributed by atoms with E-state index in [1.165, 1.54) is 0 Å². The van der Waals surface area contributed by atoms with Gasteiger partial charge in [-0.05, 0) is 71.6 Å². The van der Waals surface area contributed by atoms with Crippen molar-refractivity contribution in [2.75, 3.05) is 13.2 Å². The van der Waals surface area contributed by atoms with Gasteiger partial charge in [-0.25, -0.2) is 0 Å². The molecule has 0 amide bonds. The van der Waals surface area contributed by atoms with E-state index >= 15 is 0 Å². The Morgan fingerprint density at radius 1 is 1.18 bits per heavy atom. The molecule has 6 nitrogen and oxygen atoms in total. The minimum atomic E-state index is -0.714. The van der Waals surface area contributed by atoms with Crippen molar-refractivity contribution in [3.63, 3.8) is 0 Å². The highest BCUT2D eigenvalue weighted by Gasteiger charge is 2.48. The van der Waals surface area contributed by atoms with Gasteiger partial charge < -0.3 is 24.1 Å². The van der Waals surface area contributed by atoms with E-state index in [-0.39, 0.29) is 42.2 Å². The molecule has 1 N–H and O–H groups in total. The first kappa shape index (κ1) is 29.3. The highest BCUT2D eigenvalue weighted by atomic mass is 16.7. The first-order chi connectivity index (χ1) is 16.0. The van der Waals surface area contributed by atoms with Crippen LogP contribution in [0.3, 0.4) is 0 Å². The molecule has 2 rings (SSSR count). The fourth-order valence-corrected chi connectivity index (χ4v) is 5.19. The molecule has 196 valence electrons. The van der Waals surface area contributed by atoms with Gasteiger partial charge in [0.15, 0.2) is 12.1 Å². The highest BCUT2D eigenvalue weighted by molar-refractivity contribution is 5.87. The summed E-state index contributed by atoms with van der Waals surface area (Å²) in [7, 11) is 0. The molecule has 6 atom stereocenters. The summed E-state index contributed by atoms with van der Waals surface area (Å²) >= 11 is 0. The Balaban J connectivity index is 2.28. The van der Waals surface area contributed by atoms with Gasteiger partial charge in [0.1, 0.15) is 5.78 Å². The van der Waals surface area contributed by atoms with Crippen molar-refractivity contribution < 1.29 is 28.8 Å². The summed E-state index contributed by atoms with van der Waals surface area (Å²) in [5.41, 5.74) is -0.714. The van der Waals surface area contributed by atoms with E-state index in [0.29, 0.717) is 32.5 Å². The van der Waals surface area contributed by atoms with Crippen LogP contribution in [0.1, 0.15) is 99.3 Å². The minimum Gasteiger partial charge on any atom is -0.393 e. The number of Topliss-reactive ketones (excluding diaryl/α,β-unsaturated/α-hetero) is 1. The number of carbonyl (C=O) groups is 1. The van der Waals surface area contributed by atoms with Crippen LogP contribution in [0.2, 0.25) is 0 Å². The molecule has 0 aromatic rings. The smallest absolute Gasteiger partial charge is 0.163 e. The summed E-state index contributed by atoms with van der Waals surface area (Å²) in [5.74, 6) is 1.92. The normalized spacial score (nSPS) is 26.8. The van der Waals surface area contributed by atoms with Gasteiger partial charge in [-0.15, -0.1) is 12.3 Å². The molecule has 0 bridgehead atoms. The van der Waals surface area contributed by atoms with Crippen LogP contribution in [0.15, 0.2) is 0 Å². The average molecular weight is 481 g/mol. The van der Waals surface area contributed by atoms with Gasteiger partial charge in [0.25, 0.3) is 0 Å². The number of carbonyl (C=O) groups excluding carboxylic acids is 1. The quantitative estimate of drug-likeness (QED) is 0.363. The maximum Gasteiger partial charge on any atom is 0.163 e. The standard InChI is InChI=1S/C28H48O6/c1-8-9-15-22(26(30)27(4,5)23-17-19-32-28(6,7)34-23)25(20(2)13-12-14-21(3)29)33-24-16-10-11-18-31-24/h1,20-25,29H,9-19H2,2-7H3/t20-,21?,22+,23-,24?,25?/m0/s1. The molecule has 0 aliphatic carbocycles. The zero-order valence-electron chi connectivity index (χ0n) is 22.3. The van der Waals surface area contributed by atoms with Gasteiger partial charge in [0.2, 0.25) is 0 Å². The molecule has 2 heterocycles. The fourth-order valence-electron chi connectivity index (χ4n) is 5.19. The van der Waals surface area contributed by atoms with E-state index in [9.17, 15) is 9.90 Å². The molecule has 2 fully saturated rings. The summed E-state index contributed by atoms with van der Waals surface area (Å²) in [6, 6.07) is 0. The van der Waals surface area contributed by atoms with E-state index in [0.717, 1.165) is 38.5 Å². The van der Waals surface area contributed by atoms with Crippen molar-refractivity contribution in [1.82, 2.24) is 0 Å². The molecule has 0 saturated carbocycles. The van der Waals surface area contributed by atoms with E-state index in [1.807, 2.05) is 34.6 Å². The molecule has 3 unspecified atom stereocenters. The molecular formula is C28H48O6. The second-order valence-corrected chi connectivity index (χ2v) is 11.2. The second-order valence-electron chi connectivity index (χ2n) is 11.2. The third-order valence-electron chi connectivity index (χ3n) is 7.32.